The standard InChI is InChI=1S/C27H36N6O2S/c1-31(2)27(34)26-25(18-7-5-6-8-18)21-13-24(29-15-22(21)36-26)30-23-10-9-19(14-28-23)33-12-11-32(3)20(16-33)17-35-4/h9-10,13-15,18,20H,5-8,11-12,16-17H2,1-4H3,(H,28,29,30)/t20-/m1/s1. The fourth-order valence-corrected chi connectivity index (χ4v) is 6.66. The van der Waals surface area contributed by atoms with E-state index in [2.05, 4.69) is 44.3 Å². The van der Waals surface area contributed by atoms with Crippen LogP contribution in [0.5, 0.6) is 0 Å². The van der Waals surface area contributed by atoms with Gasteiger partial charge in [0.2, 0.25) is 0 Å². The first-order valence-electron chi connectivity index (χ1n) is 12.8. The van der Waals surface area contributed by atoms with Crippen molar-refractivity contribution in [2.24, 2.45) is 0 Å². The van der Waals surface area contributed by atoms with Crippen LogP contribution in [0.4, 0.5) is 17.3 Å². The summed E-state index contributed by atoms with van der Waals surface area (Å²) in [7, 11) is 7.56. The van der Waals surface area contributed by atoms with Crippen molar-refractivity contribution in [1.82, 2.24) is 19.8 Å². The number of piperazine rings is 1. The average Bonchev–Trinajstić information content (AvgIpc) is 3.53. The lowest BCUT2D eigenvalue weighted by Gasteiger charge is -2.40. The van der Waals surface area contributed by atoms with Crippen molar-refractivity contribution >= 4 is 44.7 Å². The van der Waals surface area contributed by atoms with E-state index in [-0.39, 0.29) is 5.91 Å². The van der Waals surface area contributed by atoms with Crippen LogP contribution in [0.1, 0.15) is 46.8 Å². The van der Waals surface area contributed by atoms with Crippen LogP contribution in [-0.4, -0.2) is 86.2 Å². The van der Waals surface area contributed by atoms with Gasteiger partial charge in [-0.2, -0.15) is 0 Å². The molecule has 9 heteroatoms. The van der Waals surface area contributed by atoms with Gasteiger partial charge in [0.15, 0.2) is 0 Å². The van der Waals surface area contributed by atoms with Crippen LogP contribution in [0.3, 0.4) is 0 Å². The van der Waals surface area contributed by atoms with Crippen molar-refractivity contribution in [1.29, 1.82) is 0 Å². The van der Waals surface area contributed by atoms with Crippen molar-refractivity contribution in [3.8, 4) is 0 Å². The number of rotatable bonds is 7. The van der Waals surface area contributed by atoms with Gasteiger partial charge in [-0.1, -0.05) is 12.8 Å². The Bertz CT molecular complexity index is 1200. The number of likely N-dealkylation sites (N-methyl/N-ethyl adjacent to an activating group) is 1. The summed E-state index contributed by atoms with van der Waals surface area (Å²) in [6, 6.07) is 6.60. The summed E-state index contributed by atoms with van der Waals surface area (Å²) in [6.45, 7) is 3.62. The third-order valence-electron chi connectivity index (χ3n) is 7.48. The number of methoxy groups -OCH3 is 1. The number of ether oxygens (including phenoxy) is 1. The molecule has 1 saturated heterocycles. The highest BCUT2D eigenvalue weighted by Crippen LogP contribution is 2.44. The number of nitrogens with one attached hydrogen (secondary N) is 1. The highest BCUT2D eigenvalue weighted by molar-refractivity contribution is 7.21. The first kappa shape index (κ1) is 24.9. The van der Waals surface area contributed by atoms with Gasteiger partial charge in [-0.25, -0.2) is 9.97 Å². The zero-order chi connectivity index (χ0) is 25.2. The monoisotopic (exact) mass is 508 g/mol. The van der Waals surface area contributed by atoms with Gasteiger partial charge in [0, 0.05) is 52.4 Å². The Balaban J connectivity index is 1.37. The van der Waals surface area contributed by atoms with E-state index in [1.165, 1.54) is 18.4 Å². The van der Waals surface area contributed by atoms with Crippen LogP contribution in [-0.2, 0) is 4.74 Å². The number of carbonyl (C=O) groups is 1. The Labute approximate surface area is 217 Å². The lowest BCUT2D eigenvalue weighted by atomic mass is 9.94. The molecule has 0 aromatic carbocycles. The molecule has 4 heterocycles. The molecule has 1 saturated carbocycles. The molecule has 0 unspecified atom stereocenters. The van der Waals surface area contributed by atoms with E-state index in [0.717, 1.165) is 71.4 Å². The number of amides is 1. The lowest BCUT2D eigenvalue weighted by molar-refractivity contribution is 0.0831. The molecule has 36 heavy (non-hydrogen) atoms. The molecule has 1 atom stereocenters. The summed E-state index contributed by atoms with van der Waals surface area (Å²) in [5.74, 6) is 2.04. The predicted molar refractivity (Wildman–Crippen MR) is 147 cm³/mol. The summed E-state index contributed by atoms with van der Waals surface area (Å²) in [4.78, 5) is 29.6. The molecule has 2 aliphatic rings. The summed E-state index contributed by atoms with van der Waals surface area (Å²) < 4.78 is 6.46. The second kappa shape index (κ2) is 10.7. The Hall–Kier alpha value is -2.75. The van der Waals surface area contributed by atoms with Crippen LogP contribution < -0.4 is 10.2 Å². The number of pyridine rings is 2. The number of thiophene rings is 1. The Morgan fingerprint density at radius 1 is 1.17 bits per heavy atom. The minimum atomic E-state index is 0.0847. The molecule has 1 aliphatic heterocycles. The maximum absolute atomic E-state index is 13.0. The van der Waals surface area contributed by atoms with E-state index in [1.54, 1.807) is 23.3 Å². The van der Waals surface area contributed by atoms with Crippen LogP contribution in [0.2, 0.25) is 0 Å². The van der Waals surface area contributed by atoms with Gasteiger partial charge in [0.25, 0.3) is 5.91 Å². The average molecular weight is 509 g/mol. The molecule has 2 fully saturated rings. The summed E-state index contributed by atoms with van der Waals surface area (Å²) in [5, 5.41) is 4.53. The largest absolute Gasteiger partial charge is 0.383 e. The number of aromatic nitrogens is 2. The first-order valence-corrected chi connectivity index (χ1v) is 13.6. The zero-order valence-corrected chi connectivity index (χ0v) is 22.5. The van der Waals surface area contributed by atoms with Crippen LogP contribution in [0, 0.1) is 0 Å². The van der Waals surface area contributed by atoms with E-state index < -0.39 is 0 Å². The highest BCUT2D eigenvalue weighted by Gasteiger charge is 2.28. The van der Waals surface area contributed by atoms with Gasteiger partial charge in [0.1, 0.15) is 11.6 Å². The molecule has 1 N–H and O–H groups in total. The predicted octanol–water partition coefficient (Wildman–Crippen LogP) is 4.56. The number of hydrogen-bond donors (Lipinski definition) is 1. The van der Waals surface area contributed by atoms with Crippen molar-refractivity contribution in [2.75, 3.05) is 64.7 Å². The summed E-state index contributed by atoms with van der Waals surface area (Å²) in [5.41, 5.74) is 2.33. The molecule has 3 aromatic heterocycles. The quantitative estimate of drug-likeness (QED) is 0.501. The van der Waals surface area contributed by atoms with Crippen molar-refractivity contribution in [3.63, 3.8) is 0 Å². The van der Waals surface area contributed by atoms with Crippen LogP contribution >= 0.6 is 11.3 Å². The Kier molecular flexibility index (Phi) is 7.41. The molecule has 1 aliphatic carbocycles. The molecule has 0 radical (unpaired) electrons. The topological polar surface area (TPSA) is 73.8 Å². The molecule has 8 nitrogen and oxygen atoms in total. The maximum Gasteiger partial charge on any atom is 0.263 e. The van der Waals surface area contributed by atoms with Gasteiger partial charge >= 0.3 is 0 Å². The molecule has 3 aromatic rings. The van der Waals surface area contributed by atoms with Gasteiger partial charge in [-0.3, -0.25) is 9.69 Å². The van der Waals surface area contributed by atoms with E-state index in [9.17, 15) is 4.79 Å². The van der Waals surface area contributed by atoms with Gasteiger partial charge in [-0.15, -0.1) is 11.3 Å². The minimum absolute atomic E-state index is 0.0847. The molecular weight excluding hydrogens is 472 g/mol. The number of hydrogen-bond acceptors (Lipinski definition) is 8. The van der Waals surface area contributed by atoms with Crippen LogP contribution in [0.15, 0.2) is 30.6 Å². The Morgan fingerprint density at radius 2 is 1.94 bits per heavy atom. The Morgan fingerprint density at radius 3 is 2.64 bits per heavy atom. The molecule has 0 bridgehead atoms. The molecular formula is C27H36N6O2S. The van der Waals surface area contributed by atoms with E-state index in [1.807, 2.05) is 32.6 Å². The van der Waals surface area contributed by atoms with Crippen molar-refractivity contribution in [3.05, 3.63) is 41.0 Å². The lowest BCUT2D eigenvalue weighted by Crippen LogP contribution is -2.53. The van der Waals surface area contributed by atoms with Gasteiger partial charge in [0.05, 0.1) is 34.1 Å². The smallest absolute Gasteiger partial charge is 0.263 e. The van der Waals surface area contributed by atoms with Crippen molar-refractivity contribution in [2.45, 2.75) is 37.6 Å². The fourth-order valence-electron chi connectivity index (χ4n) is 5.40. The highest BCUT2D eigenvalue weighted by atomic mass is 32.1. The first-order chi connectivity index (χ1) is 17.4. The summed E-state index contributed by atoms with van der Waals surface area (Å²) in [6.07, 6.45) is 8.56. The number of fused-ring (bicyclic) bond motifs is 1. The van der Waals surface area contributed by atoms with Crippen molar-refractivity contribution < 1.29 is 9.53 Å². The number of carbonyl (C=O) groups excluding carboxylic acids is 1. The molecule has 0 spiro atoms. The van der Waals surface area contributed by atoms with E-state index in [4.69, 9.17) is 4.74 Å². The molecule has 5 rings (SSSR count). The molecule has 192 valence electrons. The summed E-state index contributed by atoms with van der Waals surface area (Å²) >= 11 is 1.57. The van der Waals surface area contributed by atoms with E-state index >= 15 is 0 Å². The third-order valence-corrected chi connectivity index (χ3v) is 8.63. The minimum Gasteiger partial charge on any atom is -0.383 e. The third kappa shape index (κ3) is 5.05. The number of anilines is 3. The van der Waals surface area contributed by atoms with E-state index in [0.29, 0.717) is 12.0 Å². The second-order valence-electron chi connectivity index (χ2n) is 10.2. The van der Waals surface area contributed by atoms with Gasteiger partial charge in [-0.05, 0) is 49.6 Å². The molecule has 1 amide bonds. The van der Waals surface area contributed by atoms with Crippen LogP contribution in [0.25, 0.3) is 10.1 Å². The fraction of sp³-hybridized carbons (Fsp3) is 0.519. The maximum atomic E-state index is 13.0. The number of nitrogens with zero attached hydrogens (tertiary/aromatic N) is 5. The van der Waals surface area contributed by atoms with Gasteiger partial charge < -0.3 is 19.9 Å². The SMILES string of the molecule is COC[C@H]1CN(c2ccc(Nc3cc4c(C5CCCC5)c(C(=O)N(C)C)sc4cn3)nc2)CCN1C. The normalized spacial score (nSPS) is 19.2. The second-order valence-corrected chi connectivity index (χ2v) is 11.2. The zero-order valence-electron chi connectivity index (χ0n) is 21.7.